The van der Waals surface area contributed by atoms with Crippen LogP contribution >= 0.6 is 0 Å². The Bertz CT molecular complexity index is 1180. The highest BCUT2D eigenvalue weighted by Gasteiger charge is 2.33. The topological polar surface area (TPSA) is 0 Å². The first-order valence-electron chi connectivity index (χ1n) is 10.8. The lowest BCUT2D eigenvalue weighted by Crippen LogP contribution is -2.34. The molecule has 2 aromatic rings. The highest BCUT2D eigenvalue weighted by Crippen LogP contribution is 2.48. The van der Waals surface area contributed by atoms with Crippen LogP contribution in [0, 0.1) is 5.41 Å². The molecule has 0 fully saturated rings. The highest BCUT2D eigenvalue weighted by atomic mass is 14.4. The summed E-state index contributed by atoms with van der Waals surface area (Å²) >= 11 is 0. The van der Waals surface area contributed by atoms with Crippen LogP contribution in [0.5, 0.6) is 0 Å². The molecule has 0 heteroatoms. The van der Waals surface area contributed by atoms with E-state index in [0.29, 0.717) is 0 Å². The van der Waals surface area contributed by atoms with E-state index in [0.717, 1.165) is 19.3 Å². The van der Waals surface area contributed by atoms with Gasteiger partial charge in [-0.05, 0) is 104 Å². The molecular weight excluding hydrogens is 336 g/mol. The van der Waals surface area contributed by atoms with Crippen LogP contribution in [0.4, 0.5) is 0 Å². The smallest absolute Gasteiger partial charge is 0.00101 e. The third-order valence-corrected chi connectivity index (χ3v) is 6.80. The Morgan fingerprint density at radius 3 is 2.07 bits per heavy atom. The first-order chi connectivity index (χ1) is 13.1. The van der Waals surface area contributed by atoms with Crippen molar-refractivity contribution in [1.29, 1.82) is 0 Å². The summed E-state index contributed by atoms with van der Waals surface area (Å²) in [4.78, 5) is 0. The number of benzene rings is 2. The molecule has 28 heavy (non-hydrogen) atoms. The van der Waals surface area contributed by atoms with Crippen molar-refractivity contribution in [2.75, 3.05) is 0 Å². The maximum absolute atomic E-state index is 2.53. The van der Waals surface area contributed by atoms with E-state index in [1.165, 1.54) is 38.3 Å². The first-order valence-corrected chi connectivity index (χ1v) is 10.8. The van der Waals surface area contributed by atoms with Crippen molar-refractivity contribution in [2.45, 2.75) is 73.1 Å². The van der Waals surface area contributed by atoms with Crippen LogP contribution < -0.4 is 10.4 Å². The van der Waals surface area contributed by atoms with E-state index >= 15 is 0 Å². The molecule has 0 unspecified atom stereocenters. The lowest BCUT2D eigenvalue weighted by Gasteiger charge is -2.24. The summed E-state index contributed by atoms with van der Waals surface area (Å²) in [5.41, 5.74) is 14.2. The van der Waals surface area contributed by atoms with Gasteiger partial charge in [-0.1, -0.05) is 65.3 Å². The molecule has 0 saturated carbocycles. The van der Waals surface area contributed by atoms with Gasteiger partial charge in [-0.2, -0.15) is 0 Å². The van der Waals surface area contributed by atoms with Gasteiger partial charge in [0.1, 0.15) is 0 Å². The monoisotopic (exact) mass is 368 g/mol. The molecule has 144 valence electrons. The van der Waals surface area contributed by atoms with Gasteiger partial charge in [0, 0.05) is 0 Å². The van der Waals surface area contributed by atoms with E-state index in [-0.39, 0.29) is 10.8 Å². The van der Waals surface area contributed by atoms with Gasteiger partial charge in [-0.3, -0.25) is 0 Å². The Labute approximate surface area is 169 Å². The van der Waals surface area contributed by atoms with Gasteiger partial charge in [0.05, 0.1) is 0 Å². The van der Waals surface area contributed by atoms with E-state index in [1.54, 1.807) is 22.3 Å². The highest BCUT2D eigenvalue weighted by molar-refractivity contribution is 5.86. The summed E-state index contributed by atoms with van der Waals surface area (Å²) in [5.74, 6) is 0. The minimum Gasteiger partial charge on any atom is -0.0728 e. The summed E-state index contributed by atoms with van der Waals surface area (Å²) in [6.45, 7) is 16.5. The third kappa shape index (κ3) is 2.43. The van der Waals surface area contributed by atoms with Crippen LogP contribution in [-0.2, 0) is 18.3 Å². The van der Waals surface area contributed by atoms with Gasteiger partial charge < -0.3 is 0 Å². The molecule has 0 amide bonds. The molecule has 0 atom stereocenters. The molecule has 3 aliphatic carbocycles. The molecular formula is C28H32. The standard InChI is InChI=1S/C28H32/c1-16-11-18-13-21-19(14-22(18)25(16)27(2,3)4)15-24-23(21)12-17-9-8-10-20(17)26(24)28(5,6)7/h9-10,12-14H,8,11,15H2,1-7H3. The van der Waals surface area contributed by atoms with Crippen molar-refractivity contribution >= 4 is 17.7 Å². The Hall–Kier alpha value is -2.08. The maximum Gasteiger partial charge on any atom is -0.00101 e. The average molecular weight is 369 g/mol. The van der Waals surface area contributed by atoms with Gasteiger partial charge in [0.15, 0.2) is 0 Å². The average Bonchev–Trinajstić information content (AvgIpc) is 3.22. The van der Waals surface area contributed by atoms with Crippen LogP contribution in [0.25, 0.3) is 28.9 Å². The van der Waals surface area contributed by atoms with Crippen molar-refractivity contribution in [3.63, 3.8) is 0 Å². The second kappa shape index (κ2) is 5.50. The number of rotatable bonds is 0. The Kier molecular flexibility index (Phi) is 3.53. The van der Waals surface area contributed by atoms with Crippen LogP contribution in [0.3, 0.4) is 0 Å². The van der Waals surface area contributed by atoms with Gasteiger partial charge >= 0.3 is 0 Å². The number of allylic oxidation sites excluding steroid dienone is 2. The van der Waals surface area contributed by atoms with E-state index < -0.39 is 0 Å². The summed E-state index contributed by atoms with van der Waals surface area (Å²) in [6, 6.07) is 7.53. The van der Waals surface area contributed by atoms with E-state index in [1.807, 2.05) is 0 Å². The molecule has 0 N–H and O–H groups in total. The maximum atomic E-state index is 2.53. The summed E-state index contributed by atoms with van der Waals surface area (Å²) in [5, 5.41) is 2.94. The Balaban J connectivity index is 1.76. The largest absolute Gasteiger partial charge is 0.0728 e. The van der Waals surface area contributed by atoms with Crippen LogP contribution in [0.2, 0.25) is 0 Å². The molecule has 0 nitrogen and oxygen atoms in total. The molecule has 0 aromatic heterocycles. The molecule has 0 spiro atoms. The van der Waals surface area contributed by atoms with Gasteiger partial charge in [-0.15, -0.1) is 0 Å². The molecule has 0 heterocycles. The minimum atomic E-state index is 0.169. The molecule has 0 saturated heterocycles. The zero-order chi connectivity index (χ0) is 20.0. The third-order valence-electron chi connectivity index (χ3n) is 6.80. The number of hydrogen-bond donors (Lipinski definition) is 0. The lowest BCUT2D eigenvalue weighted by atomic mass is 9.80. The number of fused-ring (bicyclic) bond motifs is 5. The zero-order valence-corrected chi connectivity index (χ0v) is 18.5. The van der Waals surface area contributed by atoms with E-state index in [4.69, 9.17) is 0 Å². The van der Waals surface area contributed by atoms with Gasteiger partial charge in [0.2, 0.25) is 0 Å². The molecule has 3 aliphatic rings. The molecule has 0 aliphatic heterocycles. The first kappa shape index (κ1) is 18.0. The Morgan fingerprint density at radius 1 is 0.714 bits per heavy atom. The normalized spacial score (nSPS) is 17.1. The van der Waals surface area contributed by atoms with Crippen molar-refractivity contribution in [3.8, 4) is 11.1 Å². The minimum absolute atomic E-state index is 0.169. The van der Waals surface area contributed by atoms with Crippen molar-refractivity contribution in [2.24, 2.45) is 5.41 Å². The van der Waals surface area contributed by atoms with Crippen molar-refractivity contribution in [3.05, 3.63) is 62.0 Å². The predicted molar refractivity (Wildman–Crippen MR) is 122 cm³/mol. The SMILES string of the molecule is CC1=C(C(C)(C)C)c2cc3c(cc2C1)-c1cc2c(c(C(C)(C)C)c1C3)=CCC=2. The van der Waals surface area contributed by atoms with Crippen LogP contribution in [0.1, 0.15) is 82.7 Å². The van der Waals surface area contributed by atoms with Crippen LogP contribution in [0.15, 0.2) is 23.8 Å². The lowest BCUT2D eigenvalue weighted by molar-refractivity contribution is 0.565. The zero-order valence-electron chi connectivity index (χ0n) is 18.5. The molecule has 0 radical (unpaired) electrons. The summed E-state index contributed by atoms with van der Waals surface area (Å²) < 4.78 is 0. The summed E-state index contributed by atoms with van der Waals surface area (Å²) in [6.07, 6.45) is 8.11. The van der Waals surface area contributed by atoms with E-state index in [9.17, 15) is 0 Å². The fraction of sp³-hybridized carbons (Fsp3) is 0.429. The second-order valence-corrected chi connectivity index (χ2v) is 11.1. The fourth-order valence-electron chi connectivity index (χ4n) is 6.04. The predicted octanol–water partition coefficient (Wildman–Crippen LogP) is 5.90. The Morgan fingerprint density at radius 2 is 1.39 bits per heavy atom. The van der Waals surface area contributed by atoms with Gasteiger partial charge in [0.25, 0.3) is 0 Å². The quantitative estimate of drug-likeness (QED) is 0.464. The van der Waals surface area contributed by atoms with E-state index in [2.05, 4.69) is 78.8 Å². The molecule has 0 bridgehead atoms. The summed E-state index contributed by atoms with van der Waals surface area (Å²) in [7, 11) is 0. The molecule has 2 aromatic carbocycles. The van der Waals surface area contributed by atoms with Crippen molar-refractivity contribution in [1.82, 2.24) is 0 Å². The van der Waals surface area contributed by atoms with Crippen molar-refractivity contribution < 1.29 is 0 Å². The number of hydrogen-bond acceptors (Lipinski definition) is 0. The van der Waals surface area contributed by atoms with Crippen LogP contribution in [-0.4, -0.2) is 0 Å². The van der Waals surface area contributed by atoms with Gasteiger partial charge in [-0.25, -0.2) is 0 Å². The second-order valence-electron chi connectivity index (χ2n) is 11.1. The fourth-order valence-corrected chi connectivity index (χ4v) is 6.04. The molecule has 5 rings (SSSR count).